The van der Waals surface area contributed by atoms with Gasteiger partial charge in [-0.2, -0.15) is 0 Å². The summed E-state index contributed by atoms with van der Waals surface area (Å²) in [6, 6.07) is 9.48. The largest absolute Gasteiger partial charge is 1.00 e. The number of rotatable bonds is 4. The van der Waals surface area contributed by atoms with Gasteiger partial charge in [-0.25, -0.2) is 4.39 Å². The first-order valence-electron chi connectivity index (χ1n) is 6.04. The second-order valence-electron chi connectivity index (χ2n) is 4.54. The zero-order valence-corrected chi connectivity index (χ0v) is 14.9. The van der Waals surface area contributed by atoms with Crippen LogP contribution in [0.3, 0.4) is 0 Å². The standard InChI is InChI=1S/C14H12BF4O.K/c1-10-3-2-4-11(7-10)9-20-14-8-12(15(17,18)19)5-6-13(14)16;/h2-8H,9H2,1H3;/q-1;+1. The van der Waals surface area contributed by atoms with Crippen LogP contribution < -0.4 is 61.6 Å². The summed E-state index contributed by atoms with van der Waals surface area (Å²) in [5.74, 6) is -1.19. The third kappa shape index (κ3) is 5.41. The van der Waals surface area contributed by atoms with Gasteiger partial charge in [0.2, 0.25) is 0 Å². The summed E-state index contributed by atoms with van der Waals surface area (Å²) in [5.41, 5.74) is 0.900. The van der Waals surface area contributed by atoms with Gasteiger partial charge in [-0.05, 0) is 24.6 Å². The molecule has 0 N–H and O–H groups in total. The van der Waals surface area contributed by atoms with Crippen molar-refractivity contribution in [2.75, 3.05) is 0 Å². The van der Waals surface area contributed by atoms with Crippen molar-refractivity contribution in [2.24, 2.45) is 0 Å². The van der Waals surface area contributed by atoms with E-state index in [1.54, 1.807) is 12.1 Å². The summed E-state index contributed by atoms with van der Waals surface area (Å²) in [6.07, 6.45) is 0. The van der Waals surface area contributed by atoms with Crippen LogP contribution >= 0.6 is 0 Å². The summed E-state index contributed by atoms with van der Waals surface area (Å²) in [7, 11) is 0. The van der Waals surface area contributed by atoms with Crippen molar-refractivity contribution in [1.82, 2.24) is 0 Å². The molecule has 0 atom stereocenters. The normalized spacial score (nSPS) is 10.9. The second kappa shape index (κ2) is 7.78. The Bertz CT molecular complexity index is 616. The van der Waals surface area contributed by atoms with Crippen molar-refractivity contribution in [2.45, 2.75) is 13.5 Å². The van der Waals surface area contributed by atoms with Crippen LogP contribution in [0.15, 0.2) is 42.5 Å². The van der Waals surface area contributed by atoms with Crippen LogP contribution in [0.2, 0.25) is 0 Å². The van der Waals surface area contributed by atoms with E-state index in [-0.39, 0.29) is 63.7 Å². The smallest absolute Gasteiger partial charge is 0.486 e. The van der Waals surface area contributed by atoms with Gasteiger partial charge in [-0.15, -0.1) is 5.46 Å². The Hall–Kier alpha value is -0.339. The molecule has 2 rings (SSSR count). The van der Waals surface area contributed by atoms with Gasteiger partial charge >= 0.3 is 58.4 Å². The van der Waals surface area contributed by atoms with Gasteiger partial charge < -0.3 is 17.7 Å². The number of hydrogen-bond donors (Lipinski definition) is 0. The van der Waals surface area contributed by atoms with Crippen LogP contribution in [0.25, 0.3) is 0 Å². The van der Waals surface area contributed by atoms with E-state index in [1.165, 1.54) is 0 Å². The molecule has 0 aromatic heterocycles. The van der Waals surface area contributed by atoms with E-state index >= 15 is 0 Å². The molecule has 0 amide bonds. The van der Waals surface area contributed by atoms with Crippen molar-refractivity contribution in [3.8, 4) is 5.75 Å². The first kappa shape index (κ1) is 18.7. The third-order valence-corrected chi connectivity index (χ3v) is 2.81. The molecule has 0 unspecified atom stereocenters. The first-order chi connectivity index (χ1) is 9.36. The molecule has 0 heterocycles. The predicted molar refractivity (Wildman–Crippen MR) is 70.6 cm³/mol. The van der Waals surface area contributed by atoms with Gasteiger partial charge in [0.25, 0.3) is 0 Å². The Morgan fingerprint density at radius 1 is 1.05 bits per heavy atom. The molecule has 2 aromatic rings. The summed E-state index contributed by atoms with van der Waals surface area (Å²) < 4.78 is 56.4. The first-order valence-corrected chi connectivity index (χ1v) is 6.04. The fourth-order valence-corrected chi connectivity index (χ4v) is 1.80. The van der Waals surface area contributed by atoms with Crippen LogP contribution in [-0.2, 0) is 6.61 Å². The van der Waals surface area contributed by atoms with E-state index in [9.17, 15) is 17.3 Å². The van der Waals surface area contributed by atoms with Crippen molar-refractivity contribution in [1.29, 1.82) is 0 Å². The molecule has 106 valence electrons. The molecule has 0 aliphatic rings. The molecule has 21 heavy (non-hydrogen) atoms. The minimum Gasteiger partial charge on any atom is -0.486 e. The van der Waals surface area contributed by atoms with Crippen LogP contribution in [-0.4, -0.2) is 6.98 Å². The van der Waals surface area contributed by atoms with Gasteiger partial charge in [-0.3, -0.25) is 0 Å². The average molecular weight is 322 g/mol. The molecule has 0 radical (unpaired) electrons. The van der Waals surface area contributed by atoms with Gasteiger partial charge in [0.05, 0.1) is 0 Å². The molecule has 0 saturated carbocycles. The molecular formula is C14H12BF4KO. The molecule has 0 fully saturated rings. The van der Waals surface area contributed by atoms with E-state index in [2.05, 4.69) is 0 Å². The summed E-state index contributed by atoms with van der Waals surface area (Å²) in [6.45, 7) is -3.26. The number of halogens is 4. The van der Waals surface area contributed by atoms with Crippen molar-refractivity contribution < 1.29 is 73.5 Å². The molecule has 2 aromatic carbocycles. The molecule has 1 nitrogen and oxygen atoms in total. The van der Waals surface area contributed by atoms with Gasteiger partial charge in [-0.1, -0.05) is 35.9 Å². The molecule has 0 saturated heterocycles. The quantitative estimate of drug-likeness (QED) is 0.597. The van der Waals surface area contributed by atoms with Gasteiger partial charge in [0, 0.05) is 0 Å². The van der Waals surface area contributed by atoms with Crippen LogP contribution in [0, 0.1) is 12.7 Å². The van der Waals surface area contributed by atoms with Crippen molar-refractivity contribution in [3.63, 3.8) is 0 Å². The number of aryl methyl sites for hydroxylation is 1. The predicted octanol–water partition coefficient (Wildman–Crippen LogP) is 0.772. The third-order valence-electron chi connectivity index (χ3n) is 2.81. The van der Waals surface area contributed by atoms with Gasteiger partial charge in [0.15, 0.2) is 11.6 Å². The van der Waals surface area contributed by atoms with E-state index in [4.69, 9.17) is 4.74 Å². The molecule has 0 bridgehead atoms. The summed E-state index contributed by atoms with van der Waals surface area (Å²) in [4.78, 5) is 0. The van der Waals surface area contributed by atoms with Crippen molar-refractivity contribution >= 4 is 12.4 Å². The van der Waals surface area contributed by atoms with Crippen LogP contribution in [0.4, 0.5) is 17.3 Å². The molecular weight excluding hydrogens is 310 g/mol. The summed E-state index contributed by atoms with van der Waals surface area (Å²) >= 11 is 0. The van der Waals surface area contributed by atoms with Crippen LogP contribution in [0.1, 0.15) is 11.1 Å². The Balaban J connectivity index is 0.00000220. The maximum absolute atomic E-state index is 13.5. The Morgan fingerprint density at radius 3 is 2.38 bits per heavy atom. The van der Waals surface area contributed by atoms with E-state index in [0.717, 1.165) is 23.3 Å². The zero-order valence-electron chi connectivity index (χ0n) is 11.7. The second-order valence-corrected chi connectivity index (χ2v) is 4.54. The van der Waals surface area contributed by atoms with E-state index in [1.807, 2.05) is 19.1 Å². The van der Waals surface area contributed by atoms with E-state index < -0.39 is 18.3 Å². The fourth-order valence-electron chi connectivity index (χ4n) is 1.80. The Morgan fingerprint density at radius 2 is 1.76 bits per heavy atom. The molecule has 0 spiro atoms. The number of hydrogen-bond acceptors (Lipinski definition) is 1. The minimum absolute atomic E-state index is 0. The maximum Gasteiger partial charge on any atom is 1.00 e. The molecule has 0 aliphatic carbocycles. The average Bonchev–Trinajstić information content (AvgIpc) is 2.36. The summed E-state index contributed by atoms with van der Waals surface area (Å²) in [5, 5.41) is 0. The van der Waals surface area contributed by atoms with E-state index in [0.29, 0.717) is 6.07 Å². The topological polar surface area (TPSA) is 9.23 Å². The Labute approximate surface area is 163 Å². The molecule has 0 aliphatic heterocycles. The SMILES string of the molecule is Cc1cccc(COc2cc([B-](F)(F)F)ccc2F)c1.[K+]. The van der Waals surface area contributed by atoms with Gasteiger partial charge in [0.1, 0.15) is 6.61 Å². The maximum atomic E-state index is 13.5. The minimum atomic E-state index is -5.16. The monoisotopic (exact) mass is 322 g/mol. The number of benzene rings is 2. The molecule has 7 heteroatoms. The van der Waals surface area contributed by atoms with Crippen molar-refractivity contribution in [3.05, 3.63) is 59.4 Å². The Kier molecular flexibility index (Phi) is 6.93. The zero-order chi connectivity index (χ0) is 14.8. The van der Waals surface area contributed by atoms with Crippen LogP contribution in [0.5, 0.6) is 5.75 Å². The number of ether oxygens (including phenoxy) is 1. The fraction of sp³-hybridized carbons (Fsp3) is 0.143.